The first-order chi connectivity index (χ1) is 9.58. The van der Waals surface area contributed by atoms with Crippen LogP contribution < -0.4 is 0 Å². The maximum absolute atomic E-state index is 13.1. The van der Waals surface area contributed by atoms with Crippen molar-refractivity contribution in [2.75, 3.05) is 0 Å². The van der Waals surface area contributed by atoms with Gasteiger partial charge in [-0.3, -0.25) is 0 Å². The summed E-state index contributed by atoms with van der Waals surface area (Å²) in [6, 6.07) is 9.11. The number of carboxylic acid groups (broad SMARTS) is 1. The van der Waals surface area contributed by atoms with Crippen LogP contribution in [0, 0.1) is 9.39 Å². The molecule has 0 bridgehead atoms. The summed E-state index contributed by atoms with van der Waals surface area (Å²) < 4.78 is 15.3. The lowest BCUT2D eigenvalue weighted by molar-refractivity contribution is 0.0699. The number of hydrogen-bond acceptors (Lipinski definition) is 3. The van der Waals surface area contributed by atoms with Crippen LogP contribution in [0.25, 0.3) is 16.7 Å². The summed E-state index contributed by atoms with van der Waals surface area (Å²) in [6.45, 7) is 0. The van der Waals surface area contributed by atoms with E-state index in [1.165, 1.54) is 22.9 Å². The summed E-state index contributed by atoms with van der Waals surface area (Å²) in [7, 11) is 0. The van der Waals surface area contributed by atoms with Crippen molar-refractivity contribution >= 4 is 39.6 Å². The minimum absolute atomic E-state index is 0.0888. The van der Waals surface area contributed by atoms with Crippen molar-refractivity contribution in [3.8, 4) is 5.69 Å². The first-order valence-corrected chi connectivity index (χ1v) is 6.69. The number of aromatic nitrogens is 3. The van der Waals surface area contributed by atoms with Gasteiger partial charge in [-0.1, -0.05) is 11.3 Å². The largest absolute Gasteiger partial charge is 0.478 e. The number of rotatable bonds is 2. The van der Waals surface area contributed by atoms with E-state index in [1.807, 2.05) is 22.6 Å². The van der Waals surface area contributed by atoms with Gasteiger partial charge in [0.05, 0.1) is 16.8 Å². The van der Waals surface area contributed by atoms with Gasteiger partial charge in [0.2, 0.25) is 0 Å². The number of hydrogen-bond donors (Lipinski definition) is 1. The highest BCUT2D eigenvalue weighted by atomic mass is 127. The van der Waals surface area contributed by atoms with E-state index in [-0.39, 0.29) is 11.4 Å². The Kier molecular flexibility index (Phi) is 3.13. The molecule has 0 aliphatic rings. The Morgan fingerprint density at radius 2 is 2.10 bits per heavy atom. The minimum Gasteiger partial charge on any atom is -0.478 e. The molecule has 0 unspecified atom stereocenters. The minimum atomic E-state index is -1.06. The predicted octanol–water partition coefficient (Wildman–Crippen LogP) is 2.86. The van der Waals surface area contributed by atoms with Gasteiger partial charge < -0.3 is 5.11 Å². The molecule has 3 aromatic rings. The van der Waals surface area contributed by atoms with Crippen molar-refractivity contribution in [1.29, 1.82) is 0 Å². The van der Waals surface area contributed by atoms with E-state index in [0.29, 0.717) is 20.3 Å². The highest BCUT2D eigenvalue weighted by molar-refractivity contribution is 14.1. The fourth-order valence-electron chi connectivity index (χ4n) is 1.95. The molecule has 0 amide bonds. The third-order valence-electron chi connectivity index (χ3n) is 2.85. The zero-order valence-electron chi connectivity index (χ0n) is 9.92. The molecule has 5 nitrogen and oxygen atoms in total. The van der Waals surface area contributed by atoms with E-state index in [1.54, 1.807) is 18.2 Å². The Labute approximate surface area is 126 Å². The Bertz CT molecular complexity index is 832. The van der Waals surface area contributed by atoms with Gasteiger partial charge in [0, 0.05) is 3.57 Å². The van der Waals surface area contributed by atoms with E-state index in [9.17, 15) is 9.18 Å². The smallest absolute Gasteiger partial charge is 0.338 e. The van der Waals surface area contributed by atoms with Crippen LogP contribution in [-0.2, 0) is 0 Å². The van der Waals surface area contributed by atoms with Crippen LogP contribution in [0.2, 0.25) is 0 Å². The molecule has 1 N–H and O–H groups in total. The predicted molar refractivity (Wildman–Crippen MR) is 78.5 cm³/mol. The second-order valence-corrected chi connectivity index (χ2v) is 5.24. The van der Waals surface area contributed by atoms with E-state index in [2.05, 4.69) is 10.3 Å². The molecule has 1 heterocycles. The number of carbonyl (C=O) groups is 1. The van der Waals surface area contributed by atoms with Gasteiger partial charge in [-0.25, -0.2) is 13.9 Å². The first-order valence-electron chi connectivity index (χ1n) is 5.61. The van der Waals surface area contributed by atoms with Gasteiger partial charge in [-0.15, -0.1) is 5.10 Å². The molecular weight excluding hydrogens is 376 g/mol. The molecule has 0 saturated heterocycles. The van der Waals surface area contributed by atoms with Crippen LogP contribution >= 0.6 is 22.6 Å². The highest BCUT2D eigenvalue weighted by Crippen LogP contribution is 2.23. The summed E-state index contributed by atoms with van der Waals surface area (Å²) in [4.78, 5) is 11.1. The molecule has 2 aromatic carbocycles. The molecule has 100 valence electrons. The van der Waals surface area contributed by atoms with Crippen molar-refractivity contribution in [3.63, 3.8) is 0 Å². The van der Waals surface area contributed by atoms with Crippen molar-refractivity contribution in [2.24, 2.45) is 0 Å². The van der Waals surface area contributed by atoms with Gasteiger partial charge >= 0.3 is 5.97 Å². The van der Waals surface area contributed by atoms with Crippen molar-refractivity contribution in [3.05, 3.63) is 51.3 Å². The molecule has 0 radical (unpaired) electrons. The van der Waals surface area contributed by atoms with Crippen molar-refractivity contribution in [1.82, 2.24) is 15.0 Å². The molecule has 3 rings (SSSR count). The number of carboxylic acids is 1. The van der Waals surface area contributed by atoms with Crippen LogP contribution in [0.1, 0.15) is 10.4 Å². The zero-order valence-corrected chi connectivity index (χ0v) is 12.1. The molecule has 1 aromatic heterocycles. The lowest BCUT2D eigenvalue weighted by Gasteiger charge is -2.05. The van der Waals surface area contributed by atoms with Crippen LogP contribution in [0.3, 0.4) is 0 Å². The van der Waals surface area contributed by atoms with Crippen LogP contribution in [-0.4, -0.2) is 26.1 Å². The summed E-state index contributed by atoms with van der Waals surface area (Å²) in [5.41, 5.74) is 1.61. The molecule has 20 heavy (non-hydrogen) atoms. The fraction of sp³-hybridized carbons (Fsp3) is 0. The third-order valence-corrected chi connectivity index (χ3v) is 3.71. The second kappa shape index (κ2) is 4.82. The maximum Gasteiger partial charge on any atom is 0.338 e. The Morgan fingerprint density at radius 3 is 2.80 bits per heavy atom. The zero-order chi connectivity index (χ0) is 14.3. The first kappa shape index (κ1) is 13.0. The van der Waals surface area contributed by atoms with Crippen molar-refractivity contribution in [2.45, 2.75) is 0 Å². The normalized spacial score (nSPS) is 10.9. The SMILES string of the molecule is O=C(O)c1cccc2c1nnn2-c1ccc(F)cc1I. The van der Waals surface area contributed by atoms with Crippen LogP contribution in [0.5, 0.6) is 0 Å². The summed E-state index contributed by atoms with van der Waals surface area (Å²) >= 11 is 2.00. The Hall–Kier alpha value is -2.03. The Morgan fingerprint density at radius 1 is 1.30 bits per heavy atom. The molecule has 0 saturated carbocycles. The molecule has 0 fully saturated rings. The fourth-order valence-corrected chi connectivity index (χ4v) is 2.65. The van der Waals surface area contributed by atoms with Gasteiger partial charge in [0.25, 0.3) is 0 Å². The average molecular weight is 383 g/mol. The van der Waals surface area contributed by atoms with Gasteiger partial charge in [0.1, 0.15) is 11.3 Å². The third kappa shape index (κ3) is 2.03. The standard InChI is InChI=1S/C13H7FIN3O2/c14-7-4-5-10(9(15)6-7)18-11-3-1-2-8(13(19)20)12(11)16-17-18/h1-6H,(H,19,20). The number of aromatic carboxylic acids is 1. The number of halogens is 2. The number of nitrogens with zero attached hydrogens (tertiary/aromatic N) is 3. The van der Waals surface area contributed by atoms with Crippen LogP contribution in [0.4, 0.5) is 4.39 Å². The van der Waals surface area contributed by atoms with Crippen molar-refractivity contribution < 1.29 is 14.3 Å². The molecule has 0 aliphatic carbocycles. The number of fused-ring (bicyclic) bond motifs is 1. The van der Waals surface area contributed by atoms with Gasteiger partial charge in [0.15, 0.2) is 0 Å². The molecule has 0 atom stereocenters. The lowest BCUT2D eigenvalue weighted by Crippen LogP contribution is -2.00. The maximum atomic E-state index is 13.1. The summed E-state index contributed by atoms with van der Waals surface area (Å²) in [6.07, 6.45) is 0. The lowest BCUT2D eigenvalue weighted by atomic mass is 10.2. The molecule has 0 spiro atoms. The van der Waals surface area contributed by atoms with E-state index >= 15 is 0 Å². The van der Waals surface area contributed by atoms with Gasteiger partial charge in [-0.2, -0.15) is 0 Å². The quantitative estimate of drug-likeness (QED) is 0.692. The van der Waals surface area contributed by atoms with Crippen LogP contribution in [0.15, 0.2) is 36.4 Å². The molecular formula is C13H7FIN3O2. The number of benzene rings is 2. The molecule has 0 aliphatic heterocycles. The topological polar surface area (TPSA) is 68.0 Å². The van der Waals surface area contributed by atoms with E-state index in [4.69, 9.17) is 5.11 Å². The summed E-state index contributed by atoms with van der Waals surface area (Å²) in [5.74, 6) is -1.40. The average Bonchev–Trinajstić information content (AvgIpc) is 2.82. The second-order valence-electron chi connectivity index (χ2n) is 4.08. The summed E-state index contributed by atoms with van der Waals surface area (Å²) in [5, 5.41) is 17.0. The van der Waals surface area contributed by atoms with Gasteiger partial charge in [-0.05, 0) is 52.9 Å². The monoisotopic (exact) mass is 383 g/mol. The Balaban J connectivity index is 2.28. The van der Waals surface area contributed by atoms with E-state index < -0.39 is 5.97 Å². The highest BCUT2D eigenvalue weighted by Gasteiger charge is 2.15. The molecule has 7 heteroatoms. The van der Waals surface area contributed by atoms with E-state index in [0.717, 1.165) is 0 Å².